The molecule has 1 rings (SSSR count). The largest absolute Gasteiger partial charge is 0.396 e. The van der Waals surface area contributed by atoms with E-state index in [-0.39, 0.29) is 30.5 Å². The summed E-state index contributed by atoms with van der Waals surface area (Å²) in [6.07, 6.45) is 0.759. The molecular formula is C14H20N2O4. The van der Waals surface area contributed by atoms with Crippen molar-refractivity contribution in [2.75, 3.05) is 13.2 Å². The summed E-state index contributed by atoms with van der Waals surface area (Å²) in [4.78, 5) is 22.2. The third-order valence-corrected chi connectivity index (χ3v) is 3.23. The summed E-state index contributed by atoms with van der Waals surface area (Å²) in [6, 6.07) is 4.74. The minimum absolute atomic E-state index is 0.0314. The monoisotopic (exact) mass is 280 g/mol. The van der Waals surface area contributed by atoms with Gasteiger partial charge in [0, 0.05) is 24.8 Å². The molecule has 2 N–H and O–H groups in total. The lowest BCUT2D eigenvalue weighted by atomic mass is 10.0. The van der Waals surface area contributed by atoms with E-state index in [0.717, 1.165) is 0 Å². The van der Waals surface area contributed by atoms with Gasteiger partial charge in [0.05, 0.1) is 11.3 Å². The fourth-order valence-corrected chi connectivity index (χ4v) is 1.91. The summed E-state index contributed by atoms with van der Waals surface area (Å²) in [5.41, 5.74) is 1.21. The molecule has 0 aliphatic carbocycles. The van der Waals surface area contributed by atoms with E-state index in [4.69, 9.17) is 5.11 Å². The van der Waals surface area contributed by atoms with Crippen molar-refractivity contribution in [1.82, 2.24) is 5.32 Å². The Hall–Kier alpha value is -1.95. The molecule has 0 aliphatic rings. The van der Waals surface area contributed by atoms with Crippen LogP contribution in [0.5, 0.6) is 0 Å². The Morgan fingerprint density at radius 1 is 1.50 bits per heavy atom. The van der Waals surface area contributed by atoms with Gasteiger partial charge < -0.3 is 10.4 Å². The second-order valence-corrected chi connectivity index (χ2v) is 4.92. The summed E-state index contributed by atoms with van der Waals surface area (Å²) in [7, 11) is 0. The first kappa shape index (κ1) is 16.1. The quantitative estimate of drug-likeness (QED) is 0.586. The highest BCUT2D eigenvalue weighted by molar-refractivity contribution is 5.79. The van der Waals surface area contributed by atoms with Crippen LogP contribution in [0, 0.1) is 23.0 Å². The van der Waals surface area contributed by atoms with Gasteiger partial charge >= 0.3 is 0 Å². The Morgan fingerprint density at radius 2 is 2.20 bits per heavy atom. The van der Waals surface area contributed by atoms with Crippen molar-refractivity contribution in [2.24, 2.45) is 5.92 Å². The fourth-order valence-electron chi connectivity index (χ4n) is 1.91. The Balaban J connectivity index is 2.62. The van der Waals surface area contributed by atoms with E-state index in [1.54, 1.807) is 19.1 Å². The fraction of sp³-hybridized carbons (Fsp3) is 0.500. The van der Waals surface area contributed by atoms with Crippen LogP contribution in [0.4, 0.5) is 5.69 Å². The summed E-state index contributed by atoms with van der Waals surface area (Å²) in [5.74, 6) is 0.0357. The van der Waals surface area contributed by atoms with Crippen LogP contribution >= 0.6 is 0 Å². The number of aliphatic hydroxyl groups is 1. The highest BCUT2D eigenvalue weighted by atomic mass is 16.6. The molecule has 0 saturated heterocycles. The number of nitrogens with one attached hydrogen (secondary N) is 1. The lowest BCUT2D eigenvalue weighted by Gasteiger charge is -2.12. The topological polar surface area (TPSA) is 92.5 Å². The number of amides is 1. The Bertz CT molecular complexity index is 488. The molecule has 110 valence electrons. The maximum atomic E-state index is 11.8. The molecule has 0 aliphatic heterocycles. The molecule has 0 spiro atoms. The van der Waals surface area contributed by atoms with Crippen LogP contribution in [0.15, 0.2) is 18.2 Å². The molecule has 0 bridgehead atoms. The number of rotatable bonds is 7. The first-order chi connectivity index (χ1) is 9.45. The number of nitrogens with zero attached hydrogens (tertiary/aromatic N) is 1. The number of carbonyl (C=O) groups is 1. The average molecular weight is 280 g/mol. The number of aliphatic hydroxyl groups excluding tert-OH is 1. The van der Waals surface area contributed by atoms with Crippen LogP contribution in [-0.2, 0) is 11.2 Å². The highest BCUT2D eigenvalue weighted by Gasteiger charge is 2.15. The zero-order valence-electron chi connectivity index (χ0n) is 11.8. The number of benzene rings is 1. The molecule has 6 heteroatoms. The molecule has 0 aromatic heterocycles. The minimum atomic E-state index is -0.444. The molecule has 1 aromatic carbocycles. The summed E-state index contributed by atoms with van der Waals surface area (Å²) >= 11 is 0. The molecular weight excluding hydrogens is 260 g/mol. The van der Waals surface area contributed by atoms with Crippen LogP contribution in [0.25, 0.3) is 0 Å². The van der Waals surface area contributed by atoms with E-state index in [9.17, 15) is 14.9 Å². The molecule has 1 aromatic rings. The van der Waals surface area contributed by atoms with Crippen molar-refractivity contribution in [1.29, 1.82) is 0 Å². The number of hydrogen-bond acceptors (Lipinski definition) is 4. The maximum Gasteiger partial charge on any atom is 0.272 e. The lowest BCUT2D eigenvalue weighted by Crippen LogP contribution is -2.30. The van der Waals surface area contributed by atoms with Gasteiger partial charge in [-0.25, -0.2) is 0 Å². The van der Waals surface area contributed by atoms with Gasteiger partial charge in [-0.05, 0) is 24.8 Å². The van der Waals surface area contributed by atoms with Crippen molar-refractivity contribution in [3.8, 4) is 0 Å². The summed E-state index contributed by atoms with van der Waals surface area (Å²) in [6.45, 7) is 4.18. The number of nitro groups is 1. The zero-order chi connectivity index (χ0) is 15.1. The lowest BCUT2D eigenvalue weighted by molar-refractivity contribution is -0.385. The smallest absolute Gasteiger partial charge is 0.272 e. The van der Waals surface area contributed by atoms with E-state index in [2.05, 4.69) is 5.32 Å². The summed E-state index contributed by atoms with van der Waals surface area (Å²) < 4.78 is 0. The second-order valence-electron chi connectivity index (χ2n) is 4.92. The SMILES string of the molecule is Cc1c(CC(=O)NCC(C)CCO)cccc1[N+](=O)[O-]. The first-order valence-corrected chi connectivity index (χ1v) is 6.56. The molecule has 6 nitrogen and oxygen atoms in total. The minimum Gasteiger partial charge on any atom is -0.396 e. The van der Waals surface area contributed by atoms with Crippen LogP contribution in [0.3, 0.4) is 0 Å². The van der Waals surface area contributed by atoms with Gasteiger partial charge in [0.15, 0.2) is 0 Å². The van der Waals surface area contributed by atoms with Crippen LogP contribution in [0.1, 0.15) is 24.5 Å². The highest BCUT2D eigenvalue weighted by Crippen LogP contribution is 2.21. The molecule has 1 amide bonds. The van der Waals surface area contributed by atoms with Crippen LogP contribution < -0.4 is 5.32 Å². The number of nitro benzene ring substituents is 1. The van der Waals surface area contributed by atoms with Gasteiger partial charge in [-0.3, -0.25) is 14.9 Å². The molecule has 0 fully saturated rings. The van der Waals surface area contributed by atoms with E-state index < -0.39 is 4.92 Å². The maximum absolute atomic E-state index is 11.8. The van der Waals surface area contributed by atoms with Crippen molar-refractivity contribution in [3.63, 3.8) is 0 Å². The second kappa shape index (κ2) is 7.59. The van der Waals surface area contributed by atoms with E-state index >= 15 is 0 Å². The molecule has 0 saturated carbocycles. The number of carbonyl (C=O) groups excluding carboxylic acids is 1. The predicted octanol–water partition coefficient (Wildman–Crippen LogP) is 1.58. The number of hydrogen-bond donors (Lipinski definition) is 2. The Labute approximate surface area is 118 Å². The van der Waals surface area contributed by atoms with Crippen molar-refractivity contribution < 1.29 is 14.8 Å². The van der Waals surface area contributed by atoms with Crippen molar-refractivity contribution in [2.45, 2.75) is 26.7 Å². The Kier molecular flexibility index (Phi) is 6.11. The third kappa shape index (κ3) is 4.62. The normalized spacial score (nSPS) is 11.9. The first-order valence-electron chi connectivity index (χ1n) is 6.56. The standard InChI is InChI=1S/C14H20N2O4/c1-10(6-7-17)9-15-14(18)8-12-4-3-5-13(11(12)2)16(19)20/h3-5,10,17H,6-9H2,1-2H3,(H,15,18). The van der Waals surface area contributed by atoms with Gasteiger partial charge in [-0.15, -0.1) is 0 Å². The van der Waals surface area contributed by atoms with Crippen molar-refractivity contribution in [3.05, 3.63) is 39.4 Å². The molecule has 0 radical (unpaired) electrons. The van der Waals surface area contributed by atoms with Gasteiger partial charge in [-0.1, -0.05) is 19.1 Å². The van der Waals surface area contributed by atoms with E-state index in [0.29, 0.717) is 24.1 Å². The molecule has 0 heterocycles. The van der Waals surface area contributed by atoms with Gasteiger partial charge in [0.2, 0.25) is 5.91 Å². The van der Waals surface area contributed by atoms with E-state index in [1.165, 1.54) is 6.07 Å². The van der Waals surface area contributed by atoms with Crippen LogP contribution in [0.2, 0.25) is 0 Å². The molecule has 1 unspecified atom stereocenters. The van der Waals surface area contributed by atoms with Gasteiger partial charge in [-0.2, -0.15) is 0 Å². The summed E-state index contributed by atoms with van der Waals surface area (Å²) in [5, 5.41) is 22.4. The predicted molar refractivity (Wildman–Crippen MR) is 75.4 cm³/mol. The Morgan fingerprint density at radius 3 is 2.80 bits per heavy atom. The molecule has 1 atom stereocenters. The zero-order valence-corrected chi connectivity index (χ0v) is 11.8. The van der Waals surface area contributed by atoms with Gasteiger partial charge in [0.25, 0.3) is 5.69 Å². The van der Waals surface area contributed by atoms with Crippen LogP contribution in [-0.4, -0.2) is 29.1 Å². The molecule has 20 heavy (non-hydrogen) atoms. The van der Waals surface area contributed by atoms with E-state index in [1.807, 2.05) is 6.92 Å². The third-order valence-electron chi connectivity index (χ3n) is 3.23. The van der Waals surface area contributed by atoms with Gasteiger partial charge in [0.1, 0.15) is 0 Å². The van der Waals surface area contributed by atoms with Crippen molar-refractivity contribution >= 4 is 11.6 Å². The average Bonchev–Trinajstić information content (AvgIpc) is 2.39.